The first-order chi connectivity index (χ1) is 14.0. The lowest BCUT2D eigenvalue weighted by atomic mass is 10.0. The molecule has 0 aliphatic rings. The Balaban J connectivity index is 1.82. The summed E-state index contributed by atoms with van der Waals surface area (Å²) in [7, 11) is 0. The molecule has 0 fully saturated rings. The molecule has 5 nitrogen and oxygen atoms in total. The van der Waals surface area contributed by atoms with Crippen LogP contribution in [-0.2, 0) is 16.0 Å². The Kier molecular flexibility index (Phi) is 6.29. The first-order valence-electron chi connectivity index (χ1n) is 9.64. The van der Waals surface area contributed by atoms with Gasteiger partial charge >= 0.3 is 11.8 Å². The number of aryl methyl sites for hydroxylation is 1. The number of benzene rings is 3. The maximum Gasteiger partial charge on any atom is 0.320 e. The standard InChI is InChI=1S/C24H25N3O2/c1-3-18-9-11-19(12-10-18)17(2)26-23(28)24(29)27(21-7-5-4-6-8-21)22-15-13-20(25)14-16-22/h4-17H,3,25H2,1-2H3,(H,26,28). The smallest absolute Gasteiger partial charge is 0.320 e. The van der Waals surface area contributed by atoms with E-state index in [0.29, 0.717) is 17.1 Å². The Morgan fingerprint density at radius 3 is 2.07 bits per heavy atom. The number of nitrogen functional groups attached to an aromatic ring is 1. The Morgan fingerprint density at radius 1 is 0.897 bits per heavy atom. The number of carbonyl (C=O) groups excluding carboxylic acids is 2. The van der Waals surface area contributed by atoms with Gasteiger partial charge < -0.3 is 11.1 Å². The quantitative estimate of drug-likeness (QED) is 0.504. The molecule has 3 aromatic rings. The summed E-state index contributed by atoms with van der Waals surface area (Å²) < 4.78 is 0. The fourth-order valence-electron chi connectivity index (χ4n) is 3.07. The minimum absolute atomic E-state index is 0.290. The van der Waals surface area contributed by atoms with Crippen LogP contribution in [0.2, 0.25) is 0 Å². The van der Waals surface area contributed by atoms with Crippen molar-refractivity contribution in [2.45, 2.75) is 26.3 Å². The number of amides is 2. The summed E-state index contributed by atoms with van der Waals surface area (Å²) in [4.78, 5) is 27.2. The normalized spacial score (nSPS) is 11.5. The molecule has 0 aromatic heterocycles. The van der Waals surface area contributed by atoms with Crippen molar-refractivity contribution >= 4 is 28.9 Å². The fraction of sp³-hybridized carbons (Fsp3) is 0.167. The maximum atomic E-state index is 13.1. The van der Waals surface area contributed by atoms with Crippen molar-refractivity contribution in [3.05, 3.63) is 90.0 Å². The molecule has 5 heteroatoms. The van der Waals surface area contributed by atoms with Crippen LogP contribution >= 0.6 is 0 Å². The molecule has 3 rings (SSSR count). The van der Waals surface area contributed by atoms with Gasteiger partial charge in [0.1, 0.15) is 0 Å². The molecule has 0 radical (unpaired) electrons. The minimum atomic E-state index is -0.669. The zero-order valence-corrected chi connectivity index (χ0v) is 16.6. The second-order valence-corrected chi connectivity index (χ2v) is 6.86. The van der Waals surface area contributed by atoms with Crippen molar-refractivity contribution in [2.75, 3.05) is 10.6 Å². The molecule has 0 bridgehead atoms. The molecule has 0 spiro atoms. The molecule has 0 saturated carbocycles. The Hall–Kier alpha value is -3.60. The first kappa shape index (κ1) is 20.1. The van der Waals surface area contributed by atoms with Crippen LogP contribution in [0.5, 0.6) is 0 Å². The highest BCUT2D eigenvalue weighted by atomic mass is 16.2. The van der Waals surface area contributed by atoms with Gasteiger partial charge in [-0.1, -0.05) is 49.4 Å². The first-order valence-corrected chi connectivity index (χ1v) is 9.64. The molecule has 1 atom stereocenters. The van der Waals surface area contributed by atoms with Crippen LogP contribution < -0.4 is 16.0 Å². The average Bonchev–Trinajstić information content (AvgIpc) is 2.76. The van der Waals surface area contributed by atoms with Gasteiger partial charge in [0.25, 0.3) is 0 Å². The molecule has 3 aromatic carbocycles. The number of hydrogen-bond donors (Lipinski definition) is 2. The monoisotopic (exact) mass is 387 g/mol. The van der Waals surface area contributed by atoms with Crippen molar-refractivity contribution in [3.8, 4) is 0 Å². The van der Waals surface area contributed by atoms with E-state index in [1.54, 1.807) is 36.4 Å². The maximum absolute atomic E-state index is 13.1. The summed E-state index contributed by atoms with van der Waals surface area (Å²) in [6, 6.07) is 23.7. The number of nitrogens with one attached hydrogen (secondary N) is 1. The molecule has 3 N–H and O–H groups in total. The lowest BCUT2D eigenvalue weighted by molar-refractivity contribution is -0.137. The lowest BCUT2D eigenvalue weighted by Crippen LogP contribution is -2.41. The van der Waals surface area contributed by atoms with Crippen LogP contribution in [0.1, 0.15) is 31.0 Å². The fourth-order valence-corrected chi connectivity index (χ4v) is 3.07. The molecule has 0 aliphatic heterocycles. The van der Waals surface area contributed by atoms with E-state index in [-0.39, 0.29) is 6.04 Å². The van der Waals surface area contributed by atoms with Crippen molar-refractivity contribution in [1.82, 2.24) is 5.32 Å². The van der Waals surface area contributed by atoms with Crippen LogP contribution in [-0.4, -0.2) is 11.8 Å². The predicted molar refractivity (Wildman–Crippen MR) is 117 cm³/mol. The molecule has 29 heavy (non-hydrogen) atoms. The molecule has 0 saturated heterocycles. The Morgan fingerprint density at radius 2 is 1.48 bits per heavy atom. The highest BCUT2D eigenvalue weighted by Gasteiger charge is 2.26. The van der Waals surface area contributed by atoms with Gasteiger partial charge in [0.2, 0.25) is 0 Å². The molecule has 0 heterocycles. The third kappa shape index (κ3) is 4.82. The van der Waals surface area contributed by atoms with Gasteiger partial charge in [0.05, 0.1) is 6.04 Å². The van der Waals surface area contributed by atoms with E-state index in [9.17, 15) is 9.59 Å². The number of para-hydroxylation sites is 1. The van der Waals surface area contributed by atoms with E-state index in [1.165, 1.54) is 10.5 Å². The lowest BCUT2D eigenvalue weighted by Gasteiger charge is -2.23. The second-order valence-electron chi connectivity index (χ2n) is 6.86. The van der Waals surface area contributed by atoms with Gasteiger partial charge in [-0.2, -0.15) is 0 Å². The van der Waals surface area contributed by atoms with E-state index in [1.807, 2.05) is 49.4 Å². The topological polar surface area (TPSA) is 75.4 Å². The van der Waals surface area contributed by atoms with Gasteiger partial charge in [0, 0.05) is 17.1 Å². The van der Waals surface area contributed by atoms with E-state index in [4.69, 9.17) is 5.73 Å². The van der Waals surface area contributed by atoms with Crippen molar-refractivity contribution in [2.24, 2.45) is 0 Å². The van der Waals surface area contributed by atoms with Crippen molar-refractivity contribution < 1.29 is 9.59 Å². The zero-order valence-electron chi connectivity index (χ0n) is 16.6. The summed E-state index contributed by atoms with van der Waals surface area (Å²) in [6.07, 6.45) is 0.952. The number of nitrogens with zero attached hydrogens (tertiary/aromatic N) is 1. The molecule has 2 amide bonds. The third-order valence-corrected chi connectivity index (χ3v) is 4.80. The highest BCUT2D eigenvalue weighted by molar-refractivity contribution is 6.42. The second kappa shape index (κ2) is 9.06. The predicted octanol–water partition coefficient (Wildman–Crippen LogP) is 4.37. The number of carbonyl (C=O) groups is 2. The highest BCUT2D eigenvalue weighted by Crippen LogP contribution is 2.26. The number of anilines is 3. The van der Waals surface area contributed by atoms with Gasteiger partial charge in [0.15, 0.2) is 0 Å². The molecule has 0 aliphatic carbocycles. The number of hydrogen-bond acceptors (Lipinski definition) is 3. The molecule has 148 valence electrons. The van der Waals surface area contributed by atoms with Crippen LogP contribution in [0.4, 0.5) is 17.1 Å². The molecular weight excluding hydrogens is 362 g/mol. The van der Waals surface area contributed by atoms with Crippen LogP contribution in [0, 0.1) is 0 Å². The van der Waals surface area contributed by atoms with Gasteiger partial charge in [-0.15, -0.1) is 0 Å². The number of rotatable bonds is 5. The van der Waals surface area contributed by atoms with Crippen LogP contribution in [0.3, 0.4) is 0 Å². The largest absolute Gasteiger partial charge is 0.399 e. The van der Waals surface area contributed by atoms with E-state index < -0.39 is 11.8 Å². The van der Waals surface area contributed by atoms with Crippen LogP contribution in [0.25, 0.3) is 0 Å². The summed E-state index contributed by atoms with van der Waals surface area (Å²) in [5, 5.41) is 2.81. The summed E-state index contributed by atoms with van der Waals surface area (Å²) in [6.45, 7) is 3.95. The Labute approximate surface area is 171 Å². The summed E-state index contributed by atoms with van der Waals surface area (Å²) >= 11 is 0. The summed E-state index contributed by atoms with van der Waals surface area (Å²) in [5.41, 5.74) is 9.71. The van der Waals surface area contributed by atoms with E-state index >= 15 is 0 Å². The average molecular weight is 387 g/mol. The van der Waals surface area contributed by atoms with Crippen LogP contribution in [0.15, 0.2) is 78.9 Å². The van der Waals surface area contributed by atoms with E-state index in [0.717, 1.165) is 12.0 Å². The molecular formula is C24H25N3O2. The SMILES string of the molecule is CCc1ccc(C(C)NC(=O)C(=O)N(c2ccccc2)c2ccc(N)cc2)cc1. The van der Waals surface area contributed by atoms with Gasteiger partial charge in [-0.25, -0.2) is 0 Å². The van der Waals surface area contributed by atoms with Gasteiger partial charge in [-0.3, -0.25) is 14.5 Å². The molecule has 1 unspecified atom stereocenters. The number of nitrogens with two attached hydrogens (primary N) is 1. The minimum Gasteiger partial charge on any atom is -0.399 e. The van der Waals surface area contributed by atoms with Crippen molar-refractivity contribution in [1.29, 1.82) is 0 Å². The zero-order chi connectivity index (χ0) is 20.8. The summed E-state index contributed by atoms with van der Waals surface area (Å²) in [5.74, 6) is -1.32. The van der Waals surface area contributed by atoms with E-state index in [2.05, 4.69) is 12.2 Å². The Bertz CT molecular complexity index is 967. The third-order valence-electron chi connectivity index (χ3n) is 4.80. The van der Waals surface area contributed by atoms with Gasteiger partial charge in [-0.05, 0) is 60.9 Å². The van der Waals surface area contributed by atoms with Crippen molar-refractivity contribution in [3.63, 3.8) is 0 Å².